The van der Waals surface area contributed by atoms with Crippen LogP contribution in [-0.4, -0.2) is 17.6 Å². The summed E-state index contributed by atoms with van der Waals surface area (Å²) in [6.45, 7) is 1.80. The molecule has 1 aromatic rings. The van der Waals surface area contributed by atoms with Gasteiger partial charge in [0.25, 0.3) is 0 Å². The third kappa shape index (κ3) is 3.81. The summed E-state index contributed by atoms with van der Waals surface area (Å²) in [5.74, 6) is -0.880. The summed E-state index contributed by atoms with van der Waals surface area (Å²) < 4.78 is 0.904. The molecular formula is C10H11BrClNO2. The molecular weight excluding hydrogens is 281 g/mol. The Morgan fingerprint density at radius 3 is 2.87 bits per heavy atom. The Bertz CT molecular complexity index is 370. The Balaban J connectivity index is 2.73. The lowest BCUT2D eigenvalue weighted by atomic mass is 10.1. The Kier molecular flexibility index (Phi) is 4.57. The third-order valence-electron chi connectivity index (χ3n) is 1.99. The zero-order chi connectivity index (χ0) is 11.4. The molecule has 0 amide bonds. The SMILES string of the molecule is CC(NCC(=O)O)c1ccc(Br)cc1Cl. The Labute approximate surface area is 102 Å². The molecule has 0 fully saturated rings. The van der Waals surface area contributed by atoms with Crippen molar-refractivity contribution in [1.29, 1.82) is 0 Å². The summed E-state index contributed by atoms with van der Waals surface area (Å²) in [6.07, 6.45) is 0. The normalized spacial score (nSPS) is 12.5. The number of carboxylic acid groups (broad SMARTS) is 1. The zero-order valence-corrected chi connectivity index (χ0v) is 10.5. The molecule has 0 saturated heterocycles. The molecule has 0 radical (unpaired) electrons. The summed E-state index contributed by atoms with van der Waals surface area (Å²) in [7, 11) is 0. The largest absolute Gasteiger partial charge is 0.480 e. The highest BCUT2D eigenvalue weighted by Crippen LogP contribution is 2.26. The molecule has 1 aromatic carbocycles. The first-order valence-electron chi connectivity index (χ1n) is 4.41. The molecule has 0 saturated carbocycles. The van der Waals surface area contributed by atoms with E-state index in [9.17, 15) is 4.79 Å². The van der Waals surface area contributed by atoms with Crippen molar-refractivity contribution in [1.82, 2.24) is 5.32 Å². The molecule has 82 valence electrons. The molecule has 1 unspecified atom stereocenters. The summed E-state index contributed by atoms with van der Waals surface area (Å²) in [5.41, 5.74) is 0.890. The fourth-order valence-electron chi connectivity index (χ4n) is 1.20. The number of carbonyl (C=O) groups is 1. The maximum atomic E-state index is 10.4. The van der Waals surface area contributed by atoms with Crippen LogP contribution in [0.5, 0.6) is 0 Å². The smallest absolute Gasteiger partial charge is 0.317 e. The van der Waals surface area contributed by atoms with E-state index in [-0.39, 0.29) is 12.6 Å². The molecule has 1 atom stereocenters. The lowest BCUT2D eigenvalue weighted by Crippen LogP contribution is -2.25. The Morgan fingerprint density at radius 2 is 2.33 bits per heavy atom. The molecule has 2 N–H and O–H groups in total. The first-order chi connectivity index (χ1) is 7.00. The first-order valence-corrected chi connectivity index (χ1v) is 5.58. The molecule has 0 aliphatic carbocycles. The summed E-state index contributed by atoms with van der Waals surface area (Å²) >= 11 is 9.33. The van der Waals surface area contributed by atoms with E-state index in [1.54, 1.807) is 6.07 Å². The topological polar surface area (TPSA) is 49.3 Å². The summed E-state index contributed by atoms with van der Waals surface area (Å²) in [4.78, 5) is 10.4. The molecule has 0 aliphatic heterocycles. The molecule has 0 bridgehead atoms. The van der Waals surface area contributed by atoms with Gasteiger partial charge < -0.3 is 10.4 Å². The van der Waals surface area contributed by atoms with Crippen LogP contribution >= 0.6 is 27.5 Å². The van der Waals surface area contributed by atoms with Crippen molar-refractivity contribution < 1.29 is 9.90 Å². The van der Waals surface area contributed by atoms with E-state index in [0.29, 0.717) is 5.02 Å². The van der Waals surface area contributed by atoms with Gasteiger partial charge in [0.1, 0.15) is 0 Å². The fraction of sp³-hybridized carbons (Fsp3) is 0.300. The molecule has 5 heteroatoms. The second-order valence-corrected chi connectivity index (χ2v) is 4.49. The van der Waals surface area contributed by atoms with Gasteiger partial charge in [-0.25, -0.2) is 0 Å². The molecule has 0 heterocycles. The van der Waals surface area contributed by atoms with Gasteiger partial charge in [-0.3, -0.25) is 4.79 Å². The van der Waals surface area contributed by atoms with E-state index in [1.165, 1.54) is 0 Å². The van der Waals surface area contributed by atoms with Crippen molar-refractivity contribution in [2.45, 2.75) is 13.0 Å². The molecule has 15 heavy (non-hydrogen) atoms. The number of rotatable bonds is 4. The quantitative estimate of drug-likeness (QED) is 0.897. The van der Waals surface area contributed by atoms with Gasteiger partial charge in [0.2, 0.25) is 0 Å². The van der Waals surface area contributed by atoms with Crippen molar-refractivity contribution in [3.63, 3.8) is 0 Å². The van der Waals surface area contributed by atoms with Crippen LogP contribution < -0.4 is 5.32 Å². The minimum atomic E-state index is -0.880. The van der Waals surface area contributed by atoms with Gasteiger partial charge in [-0.05, 0) is 24.6 Å². The van der Waals surface area contributed by atoms with E-state index in [1.807, 2.05) is 19.1 Å². The molecule has 0 spiro atoms. The monoisotopic (exact) mass is 291 g/mol. The Hall–Kier alpha value is -0.580. The minimum absolute atomic E-state index is 0.0758. The predicted molar refractivity (Wildman–Crippen MR) is 63.2 cm³/mol. The fourth-order valence-corrected chi connectivity index (χ4v) is 2.04. The van der Waals surface area contributed by atoms with Crippen molar-refractivity contribution in [2.75, 3.05) is 6.54 Å². The van der Waals surface area contributed by atoms with Gasteiger partial charge in [-0.2, -0.15) is 0 Å². The highest BCUT2D eigenvalue weighted by atomic mass is 79.9. The summed E-state index contributed by atoms with van der Waals surface area (Å²) in [6, 6.07) is 5.45. The molecule has 3 nitrogen and oxygen atoms in total. The average molecular weight is 293 g/mol. The first kappa shape index (κ1) is 12.5. The highest BCUT2D eigenvalue weighted by Gasteiger charge is 2.10. The van der Waals surface area contributed by atoms with Gasteiger partial charge in [0.15, 0.2) is 0 Å². The van der Waals surface area contributed by atoms with E-state index in [0.717, 1.165) is 10.0 Å². The van der Waals surface area contributed by atoms with Crippen LogP contribution in [0.3, 0.4) is 0 Å². The van der Waals surface area contributed by atoms with Crippen LogP contribution in [-0.2, 0) is 4.79 Å². The van der Waals surface area contributed by atoms with Crippen LogP contribution in [0.4, 0.5) is 0 Å². The van der Waals surface area contributed by atoms with E-state index in [2.05, 4.69) is 21.2 Å². The second kappa shape index (κ2) is 5.49. The van der Waals surface area contributed by atoms with Crippen LogP contribution in [0.25, 0.3) is 0 Å². The van der Waals surface area contributed by atoms with Gasteiger partial charge in [0.05, 0.1) is 6.54 Å². The molecule has 1 rings (SSSR count). The summed E-state index contributed by atoms with van der Waals surface area (Å²) in [5, 5.41) is 12.0. The zero-order valence-electron chi connectivity index (χ0n) is 8.13. The number of benzene rings is 1. The van der Waals surface area contributed by atoms with Gasteiger partial charge >= 0.3 is 5.97 Å². The van der Waals surface area contributed by atoms with Crippen molar-refractivity contribution in [3.05, 3.63) is 33.3 Å². The van der Waals surface area contributed by atoms with Crippen LogP contribution in [0.1, 0.15) is 18.5 Å². The van der Waals surface area contributed by atoms with Crippen LogP contribution in [0, 0.1) is 0 Å². The minimum Gasteiger partial charge on any atom is -0.480 e. The highest BCUT2D eigenvalue weighted by molar-refractivity contribution is 9.10. The van der Waals surface area contributed by atoms with E-state index < -0.39 is 5.97 Å². The second-order valence-electron chi connectivity index (χ2n) is 3.16. The number of halogens is 2. The van der Waals surface area contributed by atoms with Crippen molar-refractivity contribution in [3.8, 4) is 0 Å². The lowest BCUT2D eigenvalue weighted by molar-refractivity contribution is -0.136. The van der Waals surface area contributed by atoms with E-state index >= 15 is 0 Å². The van der Waals surface area contributed by atoms with E-state index in [4.69, 9.17) is 16.7 Å². The molecule has 0 aromatic heterocycles. The number of nitrogens with one attached hydrogen (secondary N) is 1. The maximum Gasteiger partial charge on any atom is 0.317 e. The Morgan fingerprint density at radius 1 is 1.67 bits per heavy atom. The van der Waals surface area contributed by atoms with Gasteiger partial charge in [0, 0.05) is 15.5 Å². The molecule has 0 aliphatic rings. The number of aliphatic carboxylic acids is 1. The van der Waals surface area contributed by atoms with Crippen LogP contribution in [0.2, 0.25) is 5.02 Å². The van der Waals surface area contributed by atoms with Crippen molar-refractivity contribution in [2.24, 2.45) is 0 Å². The average Bonchev–Trinajstić information content (AvgIpc) is 2.14. The number of hydrogen-bond donors (Lipinski definition) is 2. The lowest BCUT2D eigenvalue weighted by Gasteiger charge is -2.14. The number of carboxylic acids is 1. The van der Waals surface area contributed by atoms with Gasteiger partial charge in [-0.15, -0.1) is 0 Å². The third-order valence-corrected chi connectivity index (χ3v) is 2.81. The maximum absolute atomic E-state index is 10.4. The van der Waals surface area contributed by atoms with Crippen molar-refractivity contribution >= 4 is 33.5 Å². The van der Waals surface area contributed by atoms with Crippen LogP contribution in [0.15, 0.2) is 22.7 Å². The van der Waals surface area contributed by atoms with Gasteiger partial charge in [-0.1, -0.05) is 33.6 Å². The predicted octanol–water partition coefficient (Wildman–Crippen LogP) is 2.84. The standard InChI is InChI=1S/C10H11BrClNO2/c1-6(13-5-10(14)15)8-3-2-7(11)4-9(8)12/h2-4,6,13H,5H2,1H3,(H,14,15). The number of hydrogen-bond acceptors (Lipinski definition) is 2.